The highest BCUT2D eigenvalue weighted by molar-refractivity contribution is 7.22. The van der Waals surface area contributed by atoms with Crippen molar-refractivity contribution in [3.63, 3.8) is 0 Å². The SMILES string of the molecule is O=C(CC1c2ccccc2C(=O)N1c1nc2ccccc2s1)c1ccccc1. The van der Waals surface area contributed by atoms with E-state index >= 15 is 0 Å². The van der Waals surface area contributed by atoms with Crippen LogP contribution in [-0.4, -0.2) is 16.7 Å². The Kier molecular flexibility index (Phi) is 4.02. The van der Waals surface area contributed by atoms with E-state index in [1.165, 1.54) is 11.3 Å². The van der Waals surface area contributed by atoms with Gasteiger partial charge < -0.3 is 0 Å². The summed E-state index contributed by atoms with van der Waals surface area (Å²) in [6, 6.07) is 24.2. The Morgan fingerprint density at radius 1 is 0.929 bits per heavy atom. The third-order valence-corrected chi connectivity index (χ3v) is 6.08. The molecule has 1 aliphatic heterocycles. The molecule has 1 atom stereocenters. The van der Waals surface area contributed by atoms with E-state index in [9.17, 15) is 9.59 Å². The molecule has 28 heavy (non-hydrogen) atoms. The van der Waals surface area contributed by atoms with Crippen molar-refractivity contribution in [2.24, 2.45) is 0 Å². The standard InChI is InChI=1S/C23H16N2O2S/c26-20(15-8-2-1-3-9-15)14-19-16-10-4-5-11-17(16)22(27)25(19)23-24-18-12-6-7-13-21(18)28-23/h1-13,19H,14H2. The maximum Gasteiger partial charge on any atom is 0.261 e. The van der Waals surface area contributed by atoms with E-state index < -0.39 is 0 Å². The number of carbonyl (C=O) groups excluding carboxylic acids is 2. The molecule has 0 N–H and O–H groups in total. The Morgan fingerprint density at radius 3 is 2.46 bits per heavy atom. The number of rotatable bonds is 4. The number of amides is 1. The Hall–Kier alpha value is -3.31. The summed E-state index contributed by atoms with van der Waals surface area (Å²) in [5, 5.41) is 0.633. The molecule has 0 saturated carbocycles. The van der Waals surface area contributed by atoms with Gasteiger partial charge in [-0.3, -0.25) is 14.5 Å². The number of aromatic nitrogens is 1. The molecule has 1 amide bonds. The summed E-state index contributed by atoms with van der Waals surface area (Å²) < 4.78 is 1.02. The summed E-state index contributed by atoms with van der Waals surface area (Å²) in [7, 11) is 0. The Balaban J connectivity index is 1.58. The van der Waals surface area contributed by atoms with E-state index in [4.69, 9.17) is 0 Å². The van der Waals surface area contributed by atoms with Gasteiger partial charge >= 0.3 is 0 Å². The van der Waals surface area contributed by atoms with Gasteiger partial charge in [0.1, 0.15) is 0 Å². The lowest BCUT2D eigenvalue weighted by Crippen LogP contribution is -2.29. The average Bonchev–Trinajstić information content (AvgIpc) is 3.28. The Labute approximate surface area is 166 Å². The lowest BCUT2D eigenvalue weighted by atomic mass is 9.97. The smallest absolute Gasteiger partial charge is 0.261 e. The fourth-order valence-electron chi connectivity index (χ4n) is 3.69. The molecule has 4 nitrogen and oxygen atoms in total. The Bertz CT molecular complexity index is 1170. The number of nitrogens with zero attached hydrogens (tertiary/aromatic N) is 2. The van der Waals surface area contributed by atoms with Crippen LogP contribution in [0.5, 0.6) is 0 Å². The summed E-state index contributed by atoms with van der Waals surface area (Å²) in [4.78, 5) is 32.5. The number of ketones is 1. The first-order valence-electron chi connectivity index (χ1n) is 9.08. The summed E-state index contributed by atoms with van der Waals surface area (Å²) in [5.41, 5.74) is 3.05. The summed E-state index contributed by atoms with van der Waals surface area (Å²) >= 11 is 1.48. The van der Waals surface area contributed by atoms with Crippen LogP contribution >= 0.6 is 11.3 Å². The van der Waals surface area contributed by atoms with Gasteiger partial charge in [0.15, 0.2) is 10.9 Å². The maximum absolute atomic E-state index is 13.2. The topological polar surface area (TPSA) is 50.3 Å². The molecule has 0 aliphatic carbocycles. The maximum atomic E-state index is 13.2. The van der Waals surface area contributed by atoms with E-state index in [0.29, 0.717) is 16.3 Å². The highest BCUT2D eigenvalue weighted by atomic mass is 32.1. The predicted octanol–water partition coefficient (Wildman–Crippen LogP) is 5.27. The first-order chi connectivity index (χ1) is 13.7. The largest absolute Gasteiger partial charge is 0.294 e. The van der Waals surface area contributed by atoms with Crippen molar-refractivity contribution in [1.29, 1.82) is 0 Å². The van der Waals surface area contributed by atoms with Gasteiger partial charge in [0.05, 0.1) is 16.3 Å². The molecule has 1 aliphatic rings. The first kappa shape index (κ1) is 16.8. The number of para-hydroxylation sites is 1. The van der Waals surface area contributed by atoms with Crippen LogP contribution in [0.1, 0.15) is 38.7 Å². The number of anilines is 1. The molecule has 5 heteroatoms. The molecule has 4 aromatic rings. The van der Waals surface area contributed by atoms with Gasteiger partial charge in [-0.05, 0) is 23.8 Å². The van der Waals surface area contributed by atoms with Crippen molar-refractivity contribution in [2.75, 3.05) is 4.90 Å². The molecule has 0 radical (unpaired) electrons. The Morgan fingerprint density at radius 2 is 1.64 bits per heavy atom. The van der Waals surface area contributed by atoms with Crippen molar-refractivity contribution in [3.05, 3.63) is 95.6 Å². The second kappa shape index (κ2) is 6.69. The molecule has 5 rings (SSSR count). The second-order valence-corrected chi connectivity index (χ2v) is 7.74. The van der Waals surface area contributed by atoms with Crippen LogP contribution in [0.15, 0.2) is 78.9 Å². The van der Waals surface area contributed by atoms with Crippen molar-refractivity contribution >= 4 is 38.4 Å². The minimum absolute atomic E-state index is 0.0150. The van der Waals surface area contributed by atoms with E-state index in [2.05, 4.69) is 4.98 Å². The predicted molar refractivity (Wildman–Crippen MR) is 111 cm³/mol. The zero-order valence-electron chi connectivity index (χ0n) is 14.9. The van der Waals surface area contributed by atoms with Crippen LogP contribution in [-0.2, 0) is 0 Å². The van der Waals surface area contributed by atoms with Crippen LogP contribution in [0.3, 0.4) is 0 Å². The molecule has 1 unspecified atom stereocenters. The number of thiazole rings is 1. The molecular formula is C23H16N2O2S. The zero-order chi connectivity index (χ0) is 19.1. The highest BCUT2D eigenvalue weighted by Crippen LogP contribution is 2.42. The molecule has 1 aromatic heterocycles. The normalized spacial score (nSPS) is 15.8. The minimum atomic E-state index is -0.350. The number of fused-ring (bicyclic) bond motifs is 2. The van der Waals surface area contributed by atoms with Gasteiger partial charge in [-0.15, -0.1) is 0 Å². The number of Topliss-reactive ketones (excluding diaryl/α,β-unsaturated/α-hetero) is 1. The van der Waals surface area contributed by atoms with Crippen molar-refractivity contribution in [3.8, 4) is 0 Å². The average molecular weight is 384 g/mol. The van der Waals surface area contributed by atoms with Gasteiger partial charge in [0.25, 0.3) is 5.91 Å². The summed E-state index contributed by atoms with van der Waals surface area (Å²) in [6.07, 6.45) is 0.225. The number of hydrogen-bond acceptors (Lipinski definition) is 4. The molecule has 0 bridgehead atoms. The first-order valence-corrected chi connectivity index (χ1v) is 9.90. The monoisotopic (exact) mass is 384 g/mol. The van der Waals surface area contributed by atoms with Gasteiger partial charge in [-0.1, -0.05) is 72.0 Å². The molecule has 3 aromatic carbocycles. The van der Waals surface area contributed by atoms with E-state index in [0.717, 1.165) is 15.8 Å². The number of benzene rings is 3. The van der Waals surface area contributed by atoms with Crippen molar-refractivity contribution in [2.45, 2.75) is 12.5 Å². The van der Waals surface area contributed by atoms with Crippen molar-refractivity contribution in [1.82, 2.24) is 4.98 Å². The zero-order valence-corrected chi connectivity index (χ0v) is 15.7. The van der Waals surface area contributed by atoms with Crippen molar-refractivity contribution < 1.29 is 9.59 Å². The second-order valence-electron chi connectivity index (χ2n) is 6.74. The fraction of sp³-hybridized carbons (Fsp3) is 0.0870. The van der Waals surface area contributed by atoms with Gasteiger partial charge in [0, 0.05) is 17.5 Å². The van der Waals surface area contributed by atoms with Gasteiger partial charge in [-0.25, -0.2) is 4.98 Å². The third-order valence-electron chi connectivity index (χ3n) is 5.04. The molecule has 2 heterocycles. The lowest BCUT2D eigenvalue weighted by molar-refractivity contribution is 0.0960. The molecule has 0 spiro atoms. The summed E-state index contributed by atoms with van der Waals surface area (Å²) in [6.45, 7) is 0. The lowest BCUT2D eigenvalue weighted by Gasteiger charge is -2.22. The summed E-state index contributed by atoms with van der Waals surface area (Å²) in [5.74, 6) is -0.0817. The van der Waals surface area contributed by atoms with Crippen LogP contribution in [0.25, 0.3) is 10.2 Å². The van der Waals surface area contributed by atoms with Crippen LogP contribution < -0.4 is 4.90 Å². The molecule has 136 valence electrons. The number of carbonyl (C=O) groups is 2. The van der Waals surface area contributed by atoms with E-state index in [1.54, 1.807) is 4.90 Å². The third kappa shape index (κ3) is 2.72. The van der Waals surface area contributed by atoms with Gasteiger partial charge in [-0.2, -0.15) is 0 Å². The highest BCUT2D eigenvalue weighted by Gasteiger charge is 2.40. The molecule has 0 fully saturated rings. The number of hydrogen-bond donors (Lipinski definition) is 0. The fourth-order valence-corrected chi connectivity index (χ4v) is 4.71. The minimum Gasteiger partial charge on any atom is -0.294 e. The van der Waals surface area contributed by atoms with E-state index in [1.807, 2.05) is 78.9 Å². The van der Waals surface area contributed by atoms with E-state index in [-0.39, 0.29) is 24.2 Å². The van der Waals surface area contributed by atoms with Crippen LogP contribution in [0.4, 0.5) is 5.13 Å². The van der Waals surface area contributed by atoms with Crippen LogP contribution in [0.2, 0.25) is 0 Å². The molecule has 0 saturated heterocycles. The molecular weight excluding hydrogens is 368 g/mol. The quantitative estimate of drug-likeness (QED) is 0.450. The van der Waals surface area contributed by atoms with Crippen LogP contribution in [0, 0.1) is 0 Å². The van der Waals surface area contributed by atoms with Gasteiger partial charge in [0.2, 0.25) is 0 Å².